The van der Waals surface area contributed by atoms with E-state index in [2.05, 4.69) is 27.8 Å². The van der Waals surface area contributed by atoms with Crippen LogP contribution in [-0.4, -0.2) is 28.8 Å². The van der Waals surface area contributed by atoms with Crippen LogP contribution in [0.5, 0.6) is 0 Å². The van der Waals surface area contributed by atoms with Crippen molar-refractivity contribution in [3.8, 4) is 0 Å². The zero-order chi connectivity index (χ0) is 20.1. The molecule has 29 heavy (non-hydrogen) atoms. The topological polar surface area (TPSA) is 70.6 Å². The molecule has 0 spiro atoms. The van der Waals surface area contributed by atoms with E-state index in [9.17, 15) is 9.59 Å². The molecule has 1 aliphatic rings. The molecule has 1 atom stereocenters. The number of nitrogens with zero attached hydrogens (tertiary/aromatic N) is 1. The molecule has 1 saturated heterocycles. The minimum Gasteiger partial charge on any atom is -0.325 e. The number of hydrogen-bond donors (Lipinski definition) is 2. The Balaban J connectivity index is 1.34. The summed E-state index contributed by atoms with van der Waals surface area (Å²) in [5, 5.41) is 7.90. The van der Waals surface area contributed by atoms with E-state index >= 15 is 0 Å². The lowest BCUT2D eigenvalue weighted by molar-refractivity contribution is -0.122. The van der Waals surface area contributed by atoms with Gasteiger partial charge in [0, 0.05) is 24.0 Å². The highest BCUT2D eigenvalue weighted by Gasteiger charge is 2.32. The second kappa shape index (κ2) is 8.92. The summed E-state index contributed by atoms with van der Waals surface area (Å²) >= 11 is 1.32. The van der Waals surface area contributed by atoms with Crippen LogP contribution in [0.25, 0.3) is 10.8 Å². The summed E-state index contributed by atoms with van der Waals surface area (Å²) < 4.78 is 0. The molecule has 0 saturated carbocycles. The molecule has 3 aromatic rings. The highest BCUT2D eigenvalue weighted by Crippen LogP contribution is 2.26. The van der Waals surface area contributed by atoms with Crippen molar-refractivity contribution in [3.63, 3.8) is 0 Å². The van der Waals surface area contributed by atoms with E-state index in [-0.39, 0.29) is 18.2 Å². The first-order valence-electron chi connectivity index (χ1n) is 9.52. The van der Waals surface area contributed by atoms with Crippen LogP contribution >= 0.6 is 11.8 Å². The van der Waals surface area contributed by atoms with Gasteiger partial charge < -0.3 is 10.6 Å². The predicted molar refractivity (Wildman–Crippen MR) is 119 cm³/mol. The van der Waals surface area contributed by atoms with Crippen molar-refractivity contribution in [2.24, 2.45) is 4.99 Å². The molecule has 4 rings (SSSR count). The third kappa shape index (κ3) is 4.84. The maximum atomic E-state index is 12.5. The van der Waals surface area contributed by atoms with E-state index < -0.39 is 5.25 Å². The smallest absolute Gasteiger partial charge is 0.240 e. The Kier molecular flexibility index (Phi) is 5.91. The van der Waals surface area contributed by atoms with Gasteiger partial charge in [0.2, 0.25) is 11.8 Å². The maximum absolute atomic E-state index is 12.5. The fourth-order valence-electron chi connectivity index (χ4n) is 3.25. The fourth-order valence-corrected chi connectivity index (χ4v) is 4.25. The van der Waals surface area contributed by atoms with Gasteiger partial charge in [-0.1, -0.05) is 78.5 Å². The molecule has 0 bridgehead atoms. The molecule has 5 nitrogen and oxygen atoms in total. The van der Waals surface area contributed by atoms with Gasteiger partial charge in [-0.3, -0.25) is 14.6 Å². The SMILES string of the molecule is O=C(C[C@H]1SC(=NCCc2ccccc2)NC1=O)Nc1cccc2ccccc12. The van der Waals surface area contributed by atoms with Crippen LogP contribution in [0.1, 0.15) is 12.0 Å². The maximum Gasteiger partial charge on any atom is 0.240 e. The van der Waals surface area contributed by atoms with Gasteiger partial charge in [0.1, 0.15) is 5.25 Å². The number of carbonyl (C=O) groups is 2. The zero-order valence-electron chi connectivity index (χ0n) is 15.8. The largest absolute Gasteiger partial charge is 0.325 e. The Labute approximate surface area is 173 Å². The summed E-state index contributed by atoms with van der Waals surface area (Å²) in [5.41, 5.74) is 1.96. The van der Waals surface area contributed by atoms with Gasteiger partial charge in [-0.15, -0.1) is 0 Å². The molecule has 1 heterocycles. The molecule has 2 N–H and O–H groups in total. The number of fused-ring (bicyclic) bond motifs is 1. The highest BCUT2D eigenvalue weighted by atomic mass is 32.2. The standard InChI is InChI=1S/C23H21N3O2S/c27-21(25-19-12-6-10-17-9-4-5-11-18(17)19)15-20-22(28)26-23(29-20)24-14-13-16-7-2-1-3-8-16/h1-12,20H,13-15H2,(H,25,27)(H,24,26,28)/t20-/m1/s1. The lowest BCUT2D eigenvalue weighted by Gasteiger charge is -2.10. The number of carbonyl (C=O) groups excluding carboxylic acids is 2. The van der Waals surface area contributed by atoms with Crippen LogP contribution in [0.15, 0.2) is 77.8 Å². The summed E-state index contributed by atoms with van der Waals surface area (Å²) in [6.45, 7) is 0.599. The molecule has 0 unspecified atom stereocenters. The molecular weight excluding hydrogens is 382 g/mol. The van der Waals surface area contributed by atoms with Crippen molar-refractivity contribution in [1.82, 2.24) is 5.32 Å². The van der Waals surface area contributed by atoms with Crippen LogP contribution in [0, 0.1) is 0 Å². The molecule has 6 heteroatoms. The number of rotatable bonds is 6. The predicted octanol–water partition coefficient (Wildman–Crippen LogP) is 4.00. The van der Waals surface area contributed by atoms with Gasteiger partial charge in [0.15, 0.2) is 5.17 Å². The summed E-state index contributed by atoms with van der Waals surface area (Å²) in [6, 6.07) is 23.8. The van der Waals surface area contributed by atoms with Gasteiger partial charge in [0.05, 0.1) is 0 Å². The molecule has 3 aromatic carbocycles. The first-order chi connectivity index (χ1) is 14.2. The summed E-state index contributed by atoms with van der Waals surface area (Å²) in [6.07, 6.45) is 0.921. The molecule has 146 valence electrons. The molecule has 2 amide bonds. The number of anilines is 1. The van der Waals surface area contributed by atoms with Crippen LogP contribution in [0.2, 0.25) is 0 Å². The van der Waals surface area contributed by atoms with E-state index in [0.717, 1.165) is 22.9 Å². The minimum absolute atomic E-state index is 0.109. The van der Waals surface area contributed by atoms with Crippen molar-refractivity contribution in [2.45, 2.75) is 18.1 Å². The molecule has 0 aromatic heterocycles. The van der Waals surface area contributed by atoms with E-state index in [1.54, 1.807) is 0 Å². The van der Waals surface area contributed by atoms with Gasteiger partial charge >= 0.3 is 0 Å². The number of aliphatic imine (C=N–C) groups is 1. The second-order valence-electron chi connectivity index (χ2n) is 6.80. The van der Waals surface area contributed by atoms with Crippen LogP contribution in [0.3, 0.4) is 0 Å². The molecule has 1 aliphatic heterocycles. The molecular formula is C23H21N3O2S. The molecule has 0 aliphatic carbocycles. The number of amides is 2. The Bertz CT molecular complexity index is 1060. The number of nitrogens with one attached hydrogen (secondary N) is 2. The van der Waals surface area contributed by atoms with Gasteiger partial charge in [-0.2, -0.15) is 0 Å². The van der Waals surface area contributed by atoms with Crippen molar-refractivity contribution in [1.29, 1.82) is 0 Å². The Morgan fingerprint density at radius 2 is 1.76 bits per heavy atom. The number of thioether (sulfide) groups is 1. The molecule has 1 fully saturated rings. The Morgan fingerprint density at radius 3 is 2.62 bits per heavy atom. The summed E-state index contributed by atoms with van der Waals surface area (Å²) in [7, 11) is 0. The quantitative estimate of drug-likeness (QED) is 0.654. The molecule has 0 radical (unpaired) electrons. The summed E-state index contributed by atoms with van der Waals surface area (Å²) in [4.78, 5) is 29.2. The van der Waals surface area contributed by atoms with Crippen molar-refractivity contribution in [3.05, 3.63) is 78.4 Å². The fraction of sp³-hybridized carbons (Fsp3) is 0.174. The Hall–Kier alpha value is -3.12. The third-order valence-corrected chi connectivity index (χ3v) is 5.83. The van der Waals surface area contributed by atoms with E-state index in [1.807, 2.05) is 60.7 Å². The average molecular weight is 404 g/mol. The number of amidine groups is 1. The normalized spacial score (nSPS) is 17.4. The van der Waals surface area contributed by atoms with Crippen LogP contribution in [0.4, 0.5) is 5.69 Å². The lowest BCUT2D eigenvalue weighted by Crippen LogP contribution is -2.28. The first-order valence-corrected chi connectivity index (χ1v) is 10.4. The summed E-state index contributed by atoms with van der Waals surface area (Å²) in [5.74, 6) is -0.346. The lowest BCUT2D eigenvalue weighted by atomic mass is 10.1. The van der Waals surface area contributed by atoms with Crippen LogP contribution in [-0.2, 0) is 16.0 Å². The Morgan fingerprint density at radius 1 is 1.00 bits per heavy atom. The van der Waals surface area contributed by atoms with Crippen molar-refractivity contribution < 1.29 is 9.59 Å². The van der Waals surface area contributed by atoms with Crippen molar-refractivity contribution in [2.75, 3.05) is 11.9 Å². The highest BCUT2D eigenvalue weighted by molar-refractivity contribution is 8.15. The minimum atomic E-state index is -0.458. The monoisotopic (exact) mass is 403 g/mol. The second-order valence-corrected chi connectivity index (χ2v) is 7.99. The van der Waals surface area contributed by atoms with E-state index in [4.69, 9.17) is 0 Å². The zero-order valence-corrected chi connectivity index (χ0v) is 16.6. The van der Waals surface area contributed by atoms with Gasteiger partial charge in [0.25, 0.3) is 0 Å². The van der Waals surface area contributed by atoms with E-state index in [0.29, 0.717) is 11.7 Å². The number of hydrogen-bond acceptors (Lipinski definition) is 4. The number of benzene rings is 3. The first kappa shape index (κ1) is 19.2. The van der Waals surface area contributed by atoms with Gasteiger partial charge in [-0.05, 0) is 23.4 Å². The average Bonchev–Trinajstić information content (AvgIpc) is 3.08. The van der Waals surface area contributed by atoms with E-state index in [1.165, 1.54) is 17.3 Å². The van der Waals surface area contributed by atoms with Gasteiger partial charge in [-0.25, -0.2) is 0 Å². The van der Waals surface area contributed by atoms with Crippen molar-refractivity contribution >= 4 is 45.2 Å². The van der Waals surface area contributed by atoms with Crippen LogP contribution < -0.4 is 10.6 Å². The third-order valence-electron chi connectivity index (χ3n) is 4.71.